The molecule has 0 spiro atoms. The lowest BCUT2D eigenvalue weighted by Crippen LogP contribution is -2.59. The molecule has 0 aromatic heterocycles. The standard InChI is InChI=1S/C18H38N2O/c1-7-16(6)18-11-19-17(10-14(2)3)12-20(18)8-9-21-13-15(4)5/h14-19H,7-13H2,1-6H3. The Morgan fingerprint density at radius 2 is 1.86 bits per heavy atom. The van der Waals surface area contributed by atoms with E-state index in [1.807, 2.05) is 0 Å². The highest BCUT2D eigenvalue weighted by molar-refractivity contribution is 4.88. The van der Waals surface area contributed by atoms with Gasteiger partial charge in [0, 0.05) is 38.3 Å². The van der Waals surface area contributed by atoms with Crippen LogP contribution in [0.25, 0.3) is 0 Å². The third-order valence-electron chi connectivity index (χ3n) is 4.57. The van der Waals surface area contributed by atoms with Crippen molar-refractivity contribution in [1.29, 1.82) is 0 Å². The van der Waals surface area contributed by atoms with E-state index < -0.39 is 0 Å². The van der Waals surface area contributed by atoms with E-state index >= 15 is 0 Å². The van der Waals surface area contributed by atoms with Gasteiger partial charge in [0.1, 0.15) is 0 Å². The first-order valence-electron chi connectivity index (χ1n) is 8.99. The molecule has 3 atom stereocenters. The zero-order valence-corrected chi connectivity index (χ0v) is 15.2. The quantitative estimate of drug-likeness (QED) is 0.660. The number of hydrogen-bond donors (Lipinski definition) is 1. The van der Waals surface area contributed by atoms with Crippen LogP contribution in [0.3, 0.4) is 0 Å². The van der Waals surface area contributed by atoms with Crippen molar-refractivity contribution in [3.8, 4) is 0 Å². The van der Waals surface area contributed by atoms with Crippen LogP contribution in [-0.4, -0.2) is 49.8 Å². The molecule has 1 heterocycles. The van der Waals surface area contributed by atoms with Gasteiger partial charge in [-0.1, -0.05) is 48.0 Å². The summed E-state index contributed by atoms with van der Waals surface area (Å²) in [6.45, 7) is 18.9. The molecule has 0 aromatic carbocycles. The Labute approximate surface area is 132 Å². The first-order chi connectivity index (χ1) is 9.93. The Kier molecular flexibility index (Phi) is 8.84. The van der Waals surface area contributed by atoms with Crippen LogP contribution < -0.4 is 5.32 Å². The average molecular weight is 299 g/mol. The van der Waals surface area contributed by atoms with Crippen molar-refractivity contribution in [3.05, 3.63) is 0 Å². The van der Waals surface area contributed by atoms with Gasteiger partial charge in [0.05, 0.1) is 6.61 Å². The first-order valence-corrected chi connectivity index (χ1v) is 8.99. The molecule has 0 aliphatic carbocycles. The minimum atomic E-state index is 0.632. The largest absolute Gasteiger partial charge is 0.380 e. The maximum atomic E-state index is 5.81. The minimum Gasteiger partial charge on any atom is -0.380 e. The zero-order chi connectivity index (χ0) is 15.8. The van der Waals surface area contributed by atoms with E-state index in [2.05, 4.69) is 51.8 Å². The van der Waals surface area contributed by atoms with Gasteiger partial charge in [-0.05, 0) is 24.2 Å². The van der Waals surface area contributed by atoms with E-state index in [1.54, 1.807) is 0 Å². The van der Waals surface area contributed by atoms with Crippen LogP contribution in [0.1, 0.15) is 54.4 Å². The van der Waals surface area contributed by atoms with Crippen LogP contribution in [0.2, 0.25) is 0 Å². The Morgan fingerprint density at radius 3 is 2.43 bits per heavy atom. The fourth-order valence-corrected chi connectivity index (χ4v) is 3.22. The van der Waals surface area contributed by atoms with Gasteiger partial charge in [-0.2, -0.15) is 0 Å². The van der Waals surface area contributed by atoms with E-state index in [9.17, 15) is 0 Å². The molecule has 3 nitrogen and oxygen atoms in total. The van der Waals surface area contributed by atoms with Crippen LogP contribution in [0.4, 0.5) is 0 Å². The number of piperazine rings is 1. The predicted octanol–water partition coefficient (Wildman–Crippen LogP) is 3.39. The molecule has 1 rings (SSSR count). The molecule has 0 bridgehead atoms. The number of hydrogen-bond acceptors (Lipinski definition) is 3. The van der Waals surface area contributed by atoms with Crippen molar-refractivity contribution in [2.45, 2.75) is 66.5 Å². The molecule has 1 aliphatic rings. The van der Waals surface area contributed by atoms with Crippen LogP contribution in [0.15, 0.2) is 0 Å². The summed E-state index contributed by atoms with van der Waals surface area (Å²) in [4.78, 5) is 2.68. The molecule has 3 heteroatoms. The van der Waals surface area contributed by atoms with E-state index in [0.29, 0.717) is 18.0 Å². The number of rotatable bonds is 9. The Hall–Kier alpha value is -0.120. The molecule has 0 aromatic rings. The van der Waals surface area contributed by atoms with Crippen molar-refractivity contribution >= 4 is 0 Å². The fraction of sp³-hybridized carbons (Fsp3) is 1.00. The highest BCUT2D eigenvalue weighted by Crippen LogP contribution is 2.20. The second kappa shape index (κ2) is 9.81. The van der Waals surface area contributed by atoms with E-state index in [-0.39, 0.29) is 0 Å². The van der Waals surface area contributed by atoms with Crippen molar-refractivity contribution in [3.63, 3.8) is 0 Å². The van der Waals surface area contributed by atoms with Gasteiger partial charge in [-0.25, -0.2) is 0 Å². The van der Waals surface area contributed by atoms with Gasteiger partial charge < -0.3 is 10.1 Å². The molecule has 0 radical (unpaired) electrons. The molecule has 1 aliphatic heterocycles. The number of nitrogens with one attached hydrogen (secondary N) is 1. The van der Waals surface area contributed by atoms with Crippen LogP contribution in [-0.2, 0) is 4.74 Å². The van der Waals surface area contributed by atoms with Crippen LogP contribution in [0.5, 0.6) is 0 Å². The molecule has 1 saturated heterocycles. The summed E-state index contributed by atoms with van der Waals surface area (Å²) >= 11 is 0. The molecule has 1 fully saturated rings. The van der Waals surface area contributed by atoms with Gasteiger partial charge in [-0.15, -0.1) is 0 Å². The third-order valence-corrected chi connectivity index (χ3v) is 4.57. The van der Waals surface area contributed by atoms with Gasteiger partial charge >= 0.3 is 0 Å². The highest BCUT2D eigenvalue weighted by Gasteiger charge is 2.30. The Balaban J connectivity index is 2.48. The fourth-order valence-electron chi connectivity index (χ4n) is 3.22. The van der Waals surface area contributed by atoms with Crippen LogP contribution in [0, 0.1) is 17.8 Å². The summed E-state index contributed by atoms with van der Waals surface area (Å²) in [5, 5.41) is 3.77. The topological polar surface area (TPSA) is 24.5 Å². The van der Waals surface area contributed by atoms with Crippen molar-refractivity contribution in [2.75, 3.05) is 32.8 Å². The maximum Gasteiger partial charge on any atom is 0.0593 e. The van der Waals surface area contributed by atoms with Crippen molar-refractivity contribution in [2.24, 2.45) is 17.8 Å². The zero-order valence-electron chi connectivity index (χ0n) is 15.2. The van der Waals surface area contributed by atoms with E-state index in [1.165, 1.54) is 19.4 Å². The monoisotopic (exact) mass is 298 g/mol. The highest BCUT2D eigenvalue weighted by atomic mass is 16.5. The summed E-state index contributed by atoms with van der Waals surface area (Å²) in [5.74, 6) is 2.15. The van der Waals surface area contributed by atoms with Gasteiger partial charge in [0.2, 0.25) is 0 Å². The Bertz CT molecular complexity index is 268. The predicted molar refractivity (Wildman–Crippen MR) is 91.7 cm³/mol. The second-order valence-corrected chi connectivity index (χ2v) is 7.65. The van der Waals surface area contributed by atoms with E-state index in [4.69, 9.17) is 4.74 Å². The van der Waals surface area contributed by atoms with Crippen LogP contribution >= 0.6 is 0 Å². The molecule has 3 unspecified atom stereocenters. The number of ether oxygens (including phenoxy) is 1. The normalized spacial score (nSPS) is 25.7. The smallest absolute Gasteiger partial charge is 0.0593 e. The second-order valence-electron chi connectivity index (χ2n) is 7.65. The maximum absolute atomic E-state index is 5.81. The molecule has 126 valence electrons. The van der Waals surface area contributed by atoms with Gasteiger partial charge in [0.25, 0.3) is 0 Å². The average Bonchev–Trinajstić information content (AvgIpc) is 2.42. The lowest BCUT2D eigenvalue weighted by molar-refractivity contribution is 0.0369. The van der Waals surface area contributed by atoms with Gasteiger partial charge in [-0.3, -0.25) is 4.90 Å². The molecule has 21 heavy (non-hydrogen) atoms. The van der Waals surface area contributed by atoms with Crippen molar-refractivity contribution in [1.82, 2.24) is 10.2 Å². The summed E-state index contributed by atoms with van der Waals surface area (Å²) in [7, 11) is 0. The number of nitrogens with zero attached hydrogens (tertiary/aromatic N) is 1. The first kappa shape index (κ1) is 18.9. The SMILES string of the molecule is CCC(C)C1CNC(CC(C)C)CN1CCOCC(C)C. The summed E-state index contributed by atoms with van der Waals surface area (Å²) in [5.41, 5.74) is 0. The molecular formula is C18H38N2O. The Morgan fingerprint density at radius 1 is 1.14 bits per heavy atom. The van der Waals surface area contributed by atoms with Crippen molar-refractivity contribution < 1.29 is 4.74 Å². The molecule has 0 amide bonds. The molecule has 1 N–H and O–H groups in total. The summed E-state index contributed by atoms with van der Waals surface area (Å²) in [6.07, 6.45) is 2.53. The molecule has 0 saturated carbocycles. The third kappa shape index (κ3) is 7.12. The summed E-state index contributed by atoms with van der Waals surface area (Å²) in [6, 6.07) is 1.32. The lowest BCUT2D eigenvalue weighted by Gasteiger charge is -2.43. The van der Waals surface area contributed by atoms with Gasteiger partial charge in [0.15, 0.2) is 0 Å². The minimum absolute atomic E-state index is 0.632. The molecular weight excluding hydrogens is 260 g/mol. The summed E-state index contributed by atoms with van der Waals surface area (Å²) < 4.78 is 5.81. The van der Waals surface area contributed by atoms with E-state index in [0.717, 1.165) is 38.1 Å². The lowest BCUT2D eigenvalue weighted by atomic mass is 9.92.